The Kier molecular flexibility index (Phi) is 7.08. The number of hydrogen-bond acceptors (Lipinski definition) is 3. The summed E-state index contributed by atoms with van der Waals surface area (Å²) in [6.07, 6.45) is 0.810. The smallest absolute Gasteiger partial charge is 0.0441 e. The van der Waals surface area contributed by atoms with E-state index in [1.165, 1.54) is 10.5 Å². The molecule has 2 N–H and O–H groups in total. The van der Waals surface area contributed by atoms with Crippen molar-refractivity contribution in [1.29, 1.82) is 0 Å². The second kappa shape index (κ2) is 8.05. The number of nitrogens with one attached hydrogen (secondary N) is 1. The van der Waals surface area contributed by atoms with E-state index in [1.807, 2.05) is 12.1 Å². The molecular formula is C14H22ClNOS. The Hall–Kier alpha value is -0.220. The van der Waals surface area contributed by atoms with E-state index >= 15 is 0 Å². The molecule has 2 nitrogen and oxygen atoms in total. The highest BCUT2D eigenvalue weighted by molar-refractivity contribution is 8.00. The maximum absolute atomic E-state index is 8.96. The van der Waals surface area contributed by atoms with Crippen LogP contribution in [0.2, 0.25) is 5.02 Å². The number of rotatable bonds is 7. The summed E-state index contributed by atoms with van der Waals surface area (Å²) in [4.78, 5) is 1.24. The predicted molar refractivity (Wildman–Crippen MR) is 80.4 cm³/mol. The molecule has 0 bridgehead atoms. The number of aliphatic hydroxyl groups excluding tert-OH is 1. The van der Waals surface area contributed by atoms with Gasteiger partial charge in [-0.2, -0.15) is 0 Å². The fraction of sp³-hybridized carbons (Fsp3) is 0.571. The van der Waals surface area contributed by atoms with E-state index in [4.69, 9.17) is 16.7 Å². The van der Waals surface area contributed by atoms with Crippen LogP contribution in [0.3, 0.4) is 0 Å². The summed E-state index contributed by atoms with van der Waals surface area (Å²) in [7, 11) is 0. The first-order valence-corrected chi connectivity index (χ1v) is 7.58. The van der Waals surface area contributed by atoms with Gasteiger partial charge in [0.15, 0.2) is 0 Å². The first-order chi connectivity index (χ1) is 8.52. The van der Waals surface area contributed by atoms with Crippen molar-refractivity contribution in [3.05, 3.63) is 28.8 Å². The molecule has 0 saturated heterocycles. The zero-order valence-corrected chi connectivity index (χ0v) is 12.8. The fourth-order valence-corrected chi connectivity index (χ4v) is 2.85. The monoisotopic (exact) mass is 287 g/mol. The Morgan fingerprint density at radius 3 is 2.67 bits per heavy atom. The van der Waals surface area contributed by atoms with Crippen LogP contribution >= 0.6 is 23.4 Å². The van der Waals surface area contributed by atoms with Gasteiger partial charge in [-0.15, -0.1) is 11.8 Å². The molecule has 0 radical (unpaired) electrons. The molecule has 0 fully saturated rings. The number of aliphatic hydroxyl groups is 1. The van der Waals surface area contributed by atoms with E-state index in [-0.39, 0.29) is 6.61 Å². The molecule has 0 aromatic heterocycles. The minimum Gasteiger partial charge on any atom is -0.396 e. The van der Waals surface area contributed by atoms with Crippen LogP contribution in [0.25, 0.3) is 0 Å². The molecule has 0 spiro atoms. The molecule has 1 atom stereocenters. The van der Waals surface area contributed by atoms with Crippen LogP contribution in [0, 0.1) is 0 Å². The van der Waals surface area contributed by atoms with E-state index in [0.29, 0.717) is 11.3 Å². The minimum absolute atomic E-state index is 0.237. The van der Waals surface area contributed by atoms with E-state index in [9.17, 15) is 0 Å². The standard InChI is InChI=1S/C14H22ClNOS/c1-10(2)16-9-12-8-13(15)4-5-14(12)18-11(3)6-7-17/h4-5,8,10-11,16-17H,6-7,9H2,1-3H3. The third-order valence-electron chi connectivity index (χ3n) is 2.59. The van der Waals surface area contributed by atoms with E-state index in [0.717, 1.165) is 18.0 Å². The molecule has 1 unspecified atom stereocenters. The van der Waals surface area contributed by atoms with Gasteiger partial charge in [-0.05, 0) is 30.2 Å². The van der Waals surface area contributed by atoms with Gasteiger partial charge in [-0.25, -0.2) is 0 Å². The van der Waals surface area contributed by atoms with Crippen LogP contribution in [0.4, 0.5) is 0 Å². The molecule has 1 aromatic carbocycles. The highest BCUT2D eigenvalue weighted by Gasteiger charge is 2.09. The SMILES string of the molecule is CC(C)NCc1cc(Cl)ccc1SC(C)CCO. The zero-order valence-electron chi connectivity index (χ0n) is 11.2. The van der Waals surface area contributed by atoms with Gasteiger partial charge in [0, 0.05) is 34.4 Å². The molecule has 102 valence electrons. The molecule has 1 aromatic rings. The van der Waals surface area contributed by atoms with Crippen molar-refractivity contribution in [2.24, 2.45) is 0 Å². The predicted octanol–water partition coefficient (Wildman–Crippen LogP) is 3.70. The third kappa shape index (κ3) is 5.61. The number of thioether (sulfide) groups is 1. The quantitative estimate of drug-likeness (QED) is 0.750. The Balaban J connectivity index is 2.75. The molecule has 4 heteroatoms. The molecule has 0 amide bonds. The highest BCUT2D eigenvalue weighted by atomic mass is 35.5. The molecule has 0 aliphatic carbocycles. The molecular weight excluding hydrogens is 266 g/mol. The van der Waals surface area contributed by atoms with Gasteiger partial charge in [-0.3, -0.25) is 0 Å². The normalized spacial score (nSPS) is 13.0. The third-order valence-corrected chi connectivity index (χ3v) is 4.11. The summed E-state index contributed by atoms with van der Waals surface area (Å²) in [5, 5.41) is 13.6. The number of benzene rings is 1. The maximum atomic E-state index is 8.96. The van der Waals surface area contributed by atoms with Gasteiger partial charge in [0.2, 0.25) is 0 Å². The van der Waals surface area contributed by atoms with Crippen molar-refractivity contribution < 1.29 is 5.11 Å². The summed E-state index contributed by atoms with van der Waals surface area (Å²) in [5.41, 5.74) is 1.23. The zero-order chi connectivity index (χ0) is 13.5. The summed E-state index contributed by atoms with van der Waals surface area (Å²) in [5.74, 6) is 0. The van der Waals surface area contributed by atoms with E-state index in [1.54, 1.807) is 11.8 Å². The molecule has 0 aliphatic rings. The van der Waals surface area contributed by atoms with Crippen molar-refractivity contribution in [2.45, 2.75) is 49.9 Å². The Labute approximate surface area is 119 Å². The van der Waals surface area contributed by atoms with Crippen LogP contribution in [-0.2, 0) is 6.54 Å². The minimum atomic E-state index is 0.237. The van der Waals surface area contributed by atoms with E-state index < -0.39 is 0 Å². The van der Waals surface area contributed by atoms with Gasteiger partial charge in [0.1, 0.15) is 0 Å². The second-order valence-corrected chi connectivity index (χ2v) is 6.65. The lowest BCUT2D eigenvalue weighted by Gasteiger charge is -2.15. The van der Waals surface area contributed by atoms with Crippen LogP contribution in [0.1, 0.15) is 32.8 Å². The first-order valence-electron chi connectivity index (χ1n) is 6.32. The average molecular weight is 288 g/mol. The highest BCUT2D eigenvalue weighted by Crippen LogP contribution is 2.30. The van der Waals surface area contributed by atoms with Crippen LogP contribution in [0.5, 0.6) is 0 Å². The lowest BCUT2D eigenvalue weighted by atomic mass is 10.2. The summed E-state index contributed by atoms with van der Waals surface area (Å²) >= 11 is 7.85. The second-order valence-electron chi connectivity index (χ2n) is 4.73. The first kappa shape index (κ1) is 15.8. The van der Waals surface area contributed by atoms with E-state index in [2.05, 4.69) is 32.2 Å². The molecule has 1 rings (SSSR count). The number of halogens is 1. The van der Waals surface area contributed by atoms with Crippen molar-refractivity contribution in [2.75, 3.05) is 6.61 Å². The summed E-state index contributed by atoms with van der Waals surface area (Å²) in [6, 6.07) is 6.47. The van der Waals surface area contributed by atoms with Crippen molar-refractivity contribution >= 4 is 23.4 Å². The average Bonchev–Trinajstić information content (AvgIpc) is 2.29. The fourth-order valence-electron chi connectivity index (χ4n) is 1.57. The van der Waals surface area contributed by atoms with Gasteiger partial charge in [0.25, 0.3) is 0 Å². The maximum Gasteiger partial charge on any atom is 0.0441 e. The van der Waals surface area contributed by atoms with Crippen LogP contribution < -0.4 is 5.32 Å². The molecule has 0 aliphatic heterocycles. The van der Waals surface area contributed by atoms with Gasteiger partial charge < -0.3 is 10.4 Å². The largest absolute Gasteiger partial charge is 0.396 e. The van der Waals surface area contributed by atoms with Crippen molar-refractivity contribution in [3.8, 4) is 0 Å². The molecule has 0 heterocycles. The molecule has 0 saturated carbocycles. The van der Waals surface area contributed by atoms with Gasteiger partial charge in [-0.1, -0.05) is 32.4 Å². The Morgan fingerprint density at radius 2 is 2.06 bits per heavy atom. The summed E-state index contributed by atoms with van der Waals surface area (Å²) in [6.45, 7) is 7.46. The van der Waals surface area contributed by atoms with Crippen molar-refractivity contribution in [1.82, 2.24) is 5.32 Å². The summed E-state index contributed by atoms with van der Waals surface area (Å²) < 4.78 is 0. The number of hydrogen-bond donors (Lipinski definition) is 2. The topological polar surface area (TPSA) is 32.3 Å². The van der Waals surface area contributed by atoms with Crippen LogP contribution in [0.15, 0.2) is 23.1 Å². The van der Waals surface area contributed by atoms with Gasteiger partial charge in [0.05, 0.1) is 0 Å². The lowest BCUT2D eigenvalue weighted by molar-refractivity contribution is 0.289. The molecule has 18 heavy (non-hydrogen) atoms. The Bertz CT molecular complexity index is 371. The van der Waals surface area contributed by atoms with Gasteiger partial charge >= 0.3 is 0 Å². The Morgan fingerprint density at radius 1 is 1.33 bits per heavy atom. The lowest BCUT2D eigenvalue weighted by Crippen LogP contribution is -2.22. The van der Waals surface area contributed by atoms with Crippen LogP contribution in [-0.4, -0.2) is 23.0 Å². The van der Waals surface area contributed by atoms with Crippen molar-refractivity contribution in [3.63, 3.8) is 0 Å².